The standard InChI is InChI=1S/C12H9Cl3OS/c1-6-5-17-12(10(6)15)11(16)8-3-2-7(13)4-9(8)14/h2-5,11,16H,1H3. The summed E-state index contributed by atoms with van der Waals surface area (Å²) in [5.74, 6) is 0. The minimum absolute atomic E-state index is 0.437. The Bertz CT molecular complexity index is 551. The summed E-state index contributed by atoms with van der Waals surface area (Å²) in [7, 11) is 0. The van der Waals surface area contributed by atoms with Crippen molar-refractivity contribution in [2.75, 3.05) is 0 Å². The number of thiophene rings is 1. The molecule has 2 aromatic rings. The van der Waals surface area contributed by atoms with Crippen molar-refractivity contribution >= 4 is 46.1 Å². The molecule has 2 rings (SSSR count). The van der Waals surface area contributed by atoms with Gasteiger partial charge in [0.15, 0.2) is 0 Å². The molecule has 5 heteroatoms. The smallest absolute Gasteiger partial charge is 0.116 e. The van der Waals surface area contributed by atoms with E-state index in [9.17, 15) is 5.11 Å². The zero-order chi connectivity index (χ0) is 12.6. The van der Waals surface area contributed by atoms with E-state index in [1.165, 1.54) is 11.3 Å². The van der Waals surface area contributed by atoms with Crippen molar-refractivity contribution in [3.05, 3.63) is 54.7 Å². The largest absolute Gasteiger partial charge is 0.383 e. The van der Waals surface area contributed by atoms with Crippen LogP contribution in [0.2, 0.25) is 15.1 Å². The van der Waals surface area contributed by atoms with Gasteiger partial charge >= 0.3 is 0 Å². The van der Waals surface area contributed by atoms with Crippen LogP contribution in [0.3, 0.4) is 0 Å². The maximum atomic E-state index is 10.3. The summed E-state index contributed by atoms with van der Waals surface area (Å²) in [6, 6.07) is 5.01. The van der Waals surface area contributed by atoms with Gasteiger partial charge < -0.3 is 5.11 Å². The van der Waals surface area contributed by atoms with Gasteiger partial charge in [-0.05, 0) is 30.0 Å². The molecule has 0 fully saturated rings. The monoisotopic (exact) mass is 306 g/mol. The van der Waals surface area contributed by atoms with Gasteiger partial charge in [-0.3, -0.25) is 0 Å². The summed E-state index contributed by atoms with van der Waals surface area (Å²) in [6.45, 7) is 1.90. The van der Waals surface area contributed by atoms with Crippen LogP contribution in [0.1, 0.15) is 22.1 Å². The Morgan fingerprint density at radius 3 is 2.47 bits per heavy atom. The normalized spacial score (nSPS) is 12.8. The first kappa shape index (κ1) is 13.2. The summed E-state index contributed by atoms with van der Waals surface area (Å²) in [6.07, 6.45) is -0.814. The van der Waals surface area contributed by atoms with Gasteiger partial charge in [0.2, 0.25) is 0 Å². The molecule has 1 unspecified atom stereocenters. The lowest BCUT2D eigenvalue weighted by molar-refractivity contribution is 0.224. The first-order valence-corrected chi connectivity index (χ1v) is 6.88. The molecule has 1 aromatic carbocycles. The molecule has 0 aliphatic heterocycles. The van der Waals surface area contributed by atoms with E-state index in [4.69, 9.17) is 34.8 Å². The Labute approximate surface area is 119 Å². The second kappa shape index (κ2) is 5.17. The molecule has 0 bridgehead atoms. The van der Waals surface area contributed by atoms with E-state index in [1.807, 2.05) is 12.3 Å². The van der Waals surface area contributed by atoms with Crippen LogP contribution in [0.4, 0.5) is 0 Å². The molecular weight excluding hydrogens is 299 g/mol. The average molecular weight is 308 g/mol. The van der Waals surface area contributed by atoms with Crippen LogP contribution < -0.4 is 0 Å². The fourth-order valence-corrected chi connectivity index (χ4v) is 3.31. The molecule has 0 aliphatic rings. The van der Waals surface area contributed by atoms with E-state index < -0.39 is 6.10 Å². The molecule has 1 heterocycles. The van der Waals surface area contributed by atoms with Crippen LogP contribution in [0.15, 0.2) is 23.6 Å². The lowest BCUT2D eigenvalue weighted by Gasteiger charge is -2.12. The van der Waals surface area contributed by atoms with Crippen molar-refractivity contribution in [1.29, 1.82) is 0 Å². The molecule has 1 nitrogen and oxygen atoms in total. The number of aryl methyl sites for hydroxylation is 1. The van der Waals surface area contributed by atoms with Crippen LogP contribution in [0, 0.1) is 6.92 Å². The molecule has 0 spiro atoms. The van der Waals surface area contributed by atoms with Crippen LogP contribution in [-0.2, 0) is 0 Å². The minimum atomic E-state index is -0.814. The van der Waals surface area contributed by atoms with E-state index in [1.54, 1.807) is 18.2 Å². The van der Waals surface area contributed by atoms with Crippen molar-refractivity contribution in [2.45, 2.75) is 13.0 Å². The second-order valence-electron chi connectivity index (χ2n) is 3.67. The van der Waals surface area contributed by atoms with Gasteiger partial charge in [-0.2, -0.15) is 0 Å². The van der Waals surface area contributed by atoms with E-state index in [0.717, 1.165) is 5.56 Å². The number of hydrogen-bond donors (Lipinski definition) is 1. The molecule has 0 saturated carbocycles. The van der Waals surface area contributed by atoms with Crippen LogP contribution in [-0.4, -0.2) is 5.11 Å². The van der Waals surface area contributed by atoms with Gasteiger partial charge in [-0.15, -0.1) is 11.3 Å². The molecular formula is C12H9Cl3OS. The summed E-state index contributed by atoms with van der Waals surface area (Å²) in [4.78, 5) is 0.702. The maximum Gasteiger partial charge on any atom is 0.116 e. The molecule has 1 N–H and O–H groups in total. The Kier molecular flexibility index (Phi) is 4.01. The third-order valence-corrected chi connectivity index (χ3v) is 4.76. The second-order valence-corrected chi connectivity index (χ2v) is 5.80. The Morgan fingerprint density at radius 2 is 1.94 bits per heavy atom. The number of aliphatic hydroxyl groups excluding tert-OH is 1. The molecule has 17 heavy (non-hydrogen) atoms. The maximum absolute atomic E-state index is 10.3. The van der Waals surface area contributed by atoms with Gasteiger partial charge in [0.25, 0.3) is 0 Å². The SMILES string of the molecule is Cc1csc(C(O)c2ccc(Cl)cc2Cl)c1Cl. The Hall–Kier alpha value is -0.250. The Balaban J connectivity index is 2.43. The number of rotatable bonds is 2. The zero-order valence-electron chi connectivity index (χ0n) is 8.88. The van der Waals surface area contributed by atoms with E-state index in [0.29, 0.717) is 25.5 Å². The molecule has 0 aliphatic carbocycles. The number of halogens is 3. The van der Waals surface area contributed by atoms with Crippen LogP contribution >= 0.6 is 46.1 Å². The van der Waals surface area contributed by atoms with Crippen molar-refractivity contribution in [3.8, 4) is 0 Å². The third-order valence-electron chi connectivity index (χ3n) is 2.43. The molecule has 0 amide bonds. The molecule has 1 atom stereocenters. The first-order valence-electron chi connectivity index (χ1n) is 4.87. The highest BCUT2D eigenvalue weighted by Gasteiger charge is 2.19. The quantitative estimate of drug-likeness (QED) is 0.818. The predicted octanol–water partition coefficient (Wildman–Crippen LogP) is 5.10. The van der Waals surface area contributed by atoms with Crippen molar-refractivity contribution in [1.82, 2.24) is 0 Å². The number of benzene rings is 1. The van der Waals surface area contributed by atoms with Crippen molar-refractivity contribution in [3.63, 3.8) is 0 Å². The van der Waals surface area contributed by atoms with Crippen LogP contribution in [0.5, 0.6) is 0 Å². The van der Waals surface area contributed by atoms with E-state index >= 15 is 0 Å². The topological polar surface area (TPSA) is 20.2 Å². The highest BCUT2D eigenvalue weighted by molar-refractivity contribution is 7.10. The minimum Gasteiger partial charge on any atom is -0.383 e. The molecule has 0 saturated heterocycles. The number of hydrogen-bond acceptors (Lipinski definition) is 2. The van der Waals surface area contributed by atoms with Gasteiger partial charge in [0.05, 0.1) is 9.90 Å². The van der Waals surface area contributed by atoms with Crippen molar-refractivity contribution in [2.24, 2.45) is 0 Å². The third kappa shape index (κ3) is 2.61. The first-order chi connectivity index (χ1) is 8.00. The van der Waals surface area contributed by atoms with Gasteiger partial charge in [-0.1, -0.05) is 40.9 Å². The molecule has 1 aromatic heterocycles. The summed E-state index contributed by atoms with van der Waals surface area (Å²) < 4.78 is 0. The summed E-state index contributed by atoms with van der Waals surface area (Å²) in [5, 5.41) is 13.7. The van der Waals surface area contributed by atoms with Gasteiger partial charge in [-0.25, -0.2) is 0 Å². The highest BCUT2D eigenvalue weighted by atomic mass is 35.5. The number of aliphatic hydroxyl groups is 1. The predicted molar refractivity (Wildman–Crippen MR) is 74.6 cm³/mol. The van der Waals surface area contributed by atoms with E-state index in [-0.39, 0.29) is 0 Å². The fraction of sp³-hybridized carbons (Fsp3) is 0.167. The fourth-order valence-electron chi connectivity index (χ4n) is 1.50. The summed E-state index contributed by atoms with van der Waals surface area (Å²) >= 11 is 19.4. The van der Waals surface area contributed by atoms with Gasteiger partial charge in [0.1, 0.15) is 6.10 Å². The molecule has 90 valence electrons. The van der Waals surface area contributed by atoms with Crippen LogP contribution in [0.25, 0.3) is 0 Å². The lowest BCUT2D eigenvalue weighted by Crippen LogP contribution is -1.98. The van der Waals surface area contributed by atoms with E-state index in [2.05, 4.69) is 0 Å². The zero-order valence-corrected chi connectivity index (χ0v) is 12.0. The van der Waals surface area contributed by atoms with Gasteiger partial charge in [0, 0.05) is 15.6 Å². The highest BCUT2D eigenvalue weighted by Crippen LogP contribution is 2.38. The Morgan fingerprint density at radius 1 is 1.24 bits per heavy atom. The average Bonchev–Trinajstić information content (AvgIpc) is 2.59. The summed E-state index contributed by atoms with van der Waals surface area (Å²) in [5.41, 5.74) is 1.57. The van der Waals surface area contributed by atoms with Crippen molar-refractivity contribution < 1.29 is 5.11 Å². The molecule has 0 radical (unpaired) electrons. The lowest BCUT2D eigenvalue weighted by atomic mass is 10.1.